The number of carbonyl (C=O) groups excluding carboxylic acids is 2. The summed E-state index contributed by atoms with van der Waals surface area (Å²) in [5.74, 6) is 1.71. The number of nitrogens with zero attached hydrogens (tertiary/aromatic N) is 1. The molecular weight excluding hydrogens is 264 g/mol. The van der Waals surface area contributed by atoms with Gasteiger partial charge >= 0.3 is 5.97 Å². The van der Waals surface area contributed by atoms with E-state index >= 15 is 0 Å². The number of carbonyl (C=O) groups is 2. The number of amides is 1. The molecule has 0 saturated carbocycles. The Kier molecular flexibility index (Phi) is 6.13. The number of rotatable bonds is 4. The molecule has 0 spiro atoms. The monoisotopic (exact) mass is 288 g/mol. The summed E-state index contributed by atoms with van der Waals surface area (Å²) in [5.41, 5.74) is -0.490. The van der Waals surface area contributed by atoms with E-state index in [1.165, 1.54) is 0 Å². The van der Waals surface area contributed by atoms with Gasteiger partial charge in [-0.15, -0.1) is 0 Å². The molecule has 1 atom stereocenters. The van der Waals surface area contributed by atoms with E-state index in [-0.39, 0.29) is 24.5 Å². The van der Waals surface area contributed by atoms with Crippen molar-refractivity contribution in [2.75, 3.05) is 31.1 Å². The zero-order valence-electron chi connectivity index (χ0n) is 12.2. The maximum Gasteiger partial charge on any atom is 0.320 e. The molecule has 0 aromatic heterocycles. The first-order chi connectivity index (χ1) is 8.79. The summed E-state index contributed by atoms with van der Waals surface area (Å²) in [5, 5.41) is 2.93. The predicted octanol–water partition coefficient (Wildman–Crippen LogP) is 0.882. The number of esters is 1. The highest BCUT2D eigenvalue weighted by atomic mass is 32.2. The van der Waals surface area contributed by atoms with Gasteiger partial charge in [0.25, 0.3) is 0 Å². The van der Waals surface area contributed by atoms with E-state index in [1.807, 2.05) is 37.4 Å². The fourth-order valence-corrected chi connectivity index (χ4v) is 2.66. The zero-order chi connectivity index (χ0) is 14.5. The standard InChI is InChI=1S/C13H24N2O3S/c1-10(12(17)15-5-7-19-8-6-15)14-9-11(16)18-13(2,3)4/h10,14H,5-9H2,1-4H3/t10-/m0/s1. The van der Waals surface area contributed by atoms with Gasteiger partial charge in [0.15, 0.2) is 0 Å². The van der Waals surface area contributed by atoms with Gasteiger partial charge in [0.05, 0.1) is 12.6 Å². The smallest absolute Gasteiger partial charge is 0.320 e. The molecule has 0 bridgehead atoms. The highest BCUT2D eigenvalue weighted by Gasteiger charge is 2.23. The van der Waals surface area contributed by atoms with Crippen molar-refractivity contribution in [3.05, 3.63) is 0 Å². The van der Waals surface area contributed by atoms with E-state index in [2.05, 4.69) is 5.32 Å². The second-order valence-corrected chi connectivity index (χ2v) is 6.85. The van der Waals surface area contributed by atoms with Crippen LogP contribution in [0.15, 0.2) is 0 Å². The molecule has 1 aliphatic heterocycles. The van der Waals surface area contributed by atoms with Crippen LogP contribution in [0.5, 0.6) is 0 Å². The summed E-state index contributed by atoms with van der Waals surface area (Å²) in [4.78, 5) is 25.5. The number of hydrogen-bond donors (Lipinski definition) is 1. The van der Waals surface area contributed by atoms with E-state index in [0.29, 0.717) is 0 Å². The minimum atomic E-state index is -0.490. The van der Waals surface area contributed by atoms with Crippen molar-refractivity contribution in [2.24, 2.45) is 0 Å². The molecule has 1 saturated heterocycles. The van der Waals surface area contributed by atoms with Gasteiger partial charge in [0, 0.05) is 24.6 Å². The minimum Gasteiger partial charge on any atom is -0.459 e. The van der Waals surface area contributed by atoms with Gasteiger partial charge in [-0.2, -0.15) is 11.8 Å². The topological polar surface area (TPSA) is 58.6 Å². The summed E-state index contributed by atoms with van der Waals surface area (Å²) >= 11 is 1.86. The molecule has 0 aromatic carbocycles. The molecule has 0 aromatic rings. The Bertz CT molecular complexity index is 322. The van der Waals surface area contributed by atoms with Gasteiger partial charge in [-0.05, 0) is 27.7 Å². The quantitative estimate of drug-likeness (QED) is 0.778. The Labute approximate surface area is 119 Å². The van der Waals surface area contributed by atoms with E-state index < -0.39 is 5.60 Å². The van der Waals surface area contributed by atoms with Gasteiger partial charge in [0.1, 0.15) is 5.60 Å². The van der Waals surface area contributed by atoms with Crippen LogP contribution in [0.25, 0.3) is 0 Å². The largest absolute Gasteiger partial charge is 0.459 e. The fourth-order valence-electron chi connectivity index (χ4n) is 1.76. The van der Waals surface area contributed by atoms with Crippen LogP contribution in [0.1, 0.15) is 27.7 Å². The summed E-state index contributed by atoms with van der Waals surface area (Å²) < 4.78 is 5.18. The average molecular weight is 288 g/mol. The lowest BCUT2D eigenvalue weighted by Crippen LogP contribution is -2.49. The maximum absolute atomic E-state index is 12.1. The second kappa shape index (κ2) is 7.14. The van der Waals surface area contributed by atoms with Gasteiger partial charge in [-0.25, -0.2) is 0 Å². The number of nitrogens with one attached hydrogen (secondary N) is 1. The summed E-state index contributed by atoms with van der Waals surface area (Å²) in [6.07, 6.45) is 0. The van der Waals surface area contributed by atoms with Crippen LogP contribution in [-0.2, 0) is 14.3 Å². The van der Waals surface area contributed by atoms with Crippen molar-refractivity contribution in [1.82, 2.24) is 10.2 Å². The third kappa shape index (κ3) is 6.29. The Morgan fingerprint density at radius 1 is 1.32 bits per heavy atom. The van der Waals surface area contributed by atoms with Crippen LogP contribution in [-0.4, -0.2) is 59.6 Å². The van der Waals surface area contributed by atoms with Gasteiger partial charge < -0.3 is 9.64 Å². The maximum atomic E-state index is 12.1. The first kappa shape index (κ1) is 16.3. The first-order valence-electron chi connectivity index (χ1n) is 6.61. The minimum absolute atomic E-state index is 0.0591. The van der Waals surface area contributed by atoms with Gasteiger partial charge in [-0.1, -0.05) is 0 Å². The fraction of sp³-hybridized carbons (Fsp3) is 0.846. The van der Waals surface area contributed by atoms with E-state index in [4.69, 9.17) is 4.74 Å². The highest BCUT2D eigenvalue weighted by Crippen LogP contribution is 2.10. The number of thioether (sulfide) groups is 1. The predicted molar refractivity (Wildman–Crippen MR) is 77.2 cm³/mol. The van der Waals surface area contributed by atoms with Crippen LogP contribution in [0.3, 0.4) is 0 Å². The Morgan fingerprint density at radius 2 is 1.89 bits per heavy atom. The summed E-state index contributed by atoms with van der Waals surface area (Å²) in [6, 6.07) is -0.351. The van der Waals surface area contributed by atoms with E-state index in [9.17, 15) is 9.59 Å². The Hall–Kier alpha value is -0.750. The normalized spacial score (nSPS) is 18.0. The molecule has 1 aliphatic rings. The molecule has 19 heavy (non-hydrogen) atoms. The molecule has 1 N–H and O–H groups in total. The molecule has 110 valence electrons. The van der Waals surface area contributed by atoms with Gasteiger partial charge in [-0.3, -0.25) is 14.9 Å². The van der Waals surface area contributed by atoms with E-state index in [1.54, 1.807) is 6.92 Å². The van der Waals surface area contributed by atoms with E-state index in [0.717, 1.165) is 24.6 Å². The third-order valence-corrected chi connectivity index (χ3v) is 3.61. The number of ether oxygens (including phenoxy) is 1. The van der Waals surface area contributed by atoms with Gasteiger partial charge in [0.2, 0.25) is 5.91 Å². The zero-order valence-corrected chi connectivity index (χ0v) is 13.0. The van der Waals surface area contributed by atoms with Crippen molar-refractivity contribution in [3.8, 4) is 0 Å². The molecule has 1 rings (SSSR count). The molecule has 0 radical (unpaired) electrons. The molecule has 1 fully saturated rings. The molecule has 1 amide bonds. The number of hydrogen-bond acceptors (Lipinski definition) is 5. The molecule has 0 aliphatic carbocycles. The lowest BCUT2D eigenvalue weighted by molar-refractivity contribution is -0.153. The van der Waals surface area contributed by atoms with Crippen molar-refractivity contribution in [3.63, 3.8) is 0 Å². The second-order valence-electron chi connectivity index (χ2n) is 5.63. The average Bonchev–Trinajstić information content (AvgIpc) is 2.34. The van der Waals surface area contributed by atoms with Crippen LogP contribution >= 0.6 is 11.8 Å². The van der Waals surface area contributed by atoms with Crippen LogP contribution in [0, 0.1) is 0 Å². The van der Waals surface area contributed by atoms with Crippen LogP contribution in [0.4, 0.5) is 0 Å². The summed E-state index contributed by atoms with van der Waals surface area (Å²) in [6.45, 7) is 8.91. The Morgan fingerprint density at radius 3 is 2.42 bits per heavy atom. The van der Waals surface area contributed by atoms with Crippen LogP contribution in [0.2, 0.25) is 0 Å². The lowest BCUT2D eigenvalue weighted by atomic mass is 10.2. The SMILES string of the molecule is C[C@H](NCC(=O)OC(C)(C)C)C(=O)N1CCSCC1. The van der Waals surface area contributed by atoms with Crippen molar-refractivity contribution < 1.29 is 14.3 Å². The van der Waals surface area contributed by atoms with Crippen LogP contribution < -0.4 is 5.32 Å². The van der Waals surface area contributed by atoms with Crippen molar-refractivity contribution in [1.29, 1.82) is 0 Å². The van der Waals surface area contributed by atoms with Crippen molar-refractivity contribution >= 4 is 23.6 Å². The molecule has 1 heterocycles. The molecular formula is C13H24N2O3S. The Balaban J connectivity index is 2.31. The molecule has 5 nitrogen and oxygen atoms in total. The van der Waals surface area contributed by atoms with Crippen molar-refractivity contribution in [2.45, 2.75) is 39.3 Å². The lowest BCUT2D eigenvalue weighted by Gasteiger charge is -2.29. The highest BCUT2D eigenvalue weighted by molar-refractivity contribution is 7.99. The first-order valence-corrected chi connectivity index (χ1v) is 7.77. The third-order valence-electron chi connectivity index (χ3n) is 2.67. The summed E-state index contributed by atoms with van der Waals surface area (Å²) in [7, 11) is 0. The molecule has 0 unspecified atom stereocenters. The molecule has 6 heteroatoms.